The summed E-state index contributed by atoms with van der Waals surface area (Å²) in [7, 11) is 0. The summed E-state index contributed by atoms with van der Waals surface area (Å²) >= 11 is 0. The Morgan fingerprint density at radius 2 is 1.85 bits per heavy atom. The summed E-state index contributed by atoms with van der Waals surface area (Å²) in [6.45, 7) is 0.746. The topological polar surface area (TPSA) is 82.2 Å². The van der Waals surface area contributed by atoms with E-state index in [1.807, 2.05) is 53.3 Å². The average Bonchev–Trinajstić information content (AvgIpc) is 3.41. The number of aliphatic hydroxyl groups is 1. The third-order valence-corrected chi connectivity index (χ3v) is 6.63. The minimum absolute atomic E-state index is 0.128. The largest absolute Gasteiger partial charge is 0.389 e. The van der Waals surface area contributed by atoms with E-state index >= 15 is 0 Å². The van der Waals surface area contributed by atoms with E-state index in [2.05, 4.69) is 28.3 Å². The fourth-order valence-corrected chi connectivity index (χ4v) is 4.88. The molecule has 1 aliphatic rings. The lowest BCUT2D eigenvalue weighted by Gasteiger charge is -2.29. The van der Waals surface area contributed by atoms with E-state index in [9.17, 15) is 9.90 Å². The first kappa shape index (κ1) is 20.8. The Morgan fingerprint density at radius 1 is 1.03 bits per heavy atom. The van der Waals surface area contributed by atoms with Gasteiger partial charge in [0.1, 0.15) is 0 Å². The van der Waals surface area contributed by atoms with Gasteiger partial charge in [0.05, 0.1) is 41.7 Å². The maximum absolute atomic E-state index is 13.6. The van der Waals surface area contributed by atoms with Crippen LogP contribution in [0.25, 0.3) is 27.4 Å². The van der Waals surface area contributed by atoms with E-state index in [0.29, 0.717) is 30.4 Å². The lowest BCUT2D eigenvalue weighted by atomic mass is 9.95. The van der Waals surface area contributed by atoms with Gasteiger partial charge in [0, 0.05) is 24.4 Å². The van der Waals surface area contributed by atoms with E-state index in [4.69, 9.17) is 4.74 Å². The van der Waals surface area contributed by atoms with Crippen molar-refractivity contribution in [2.24, 2.45) is 0 Å². The predicted octanol–water partition coefficient (Wildman–Crippen LogP) is 3.65. The van der Waals surface area contributed by atoms with E-state index < -0.39 is 6.10 Å². The fourth-order valence-electron chi connectivity index (χ4n) is 4.88. The van der Waals surface area contributed by atoms with Crippen LogP contribution in [-0.2, 0) is 11.2 Å². The molecule has 6 rings (SSSR count). The van der Waals surface area contributed by atoms with Crippen LogP contribution in [-0.4, -0.2) is 43.8 Å². The minimum atomic E-state index is -0.723. The van der Waals surface area contributed by atoms with Gasteiger partial charge in [0.2, 0.25) is 0 Å². The van der Waals surface area contributed by atoms with Crippen LogP contribution < -0.4 is 5.56 Å². The molecule has 3 heterocycles. The molecule has 0 saturated carbocycles. The normalized spacial score (nSPS) is 18.5. The quantitative estimate of drug-likeness (QED) is 0.421. The van der Waals surface area contributed by atoms with Gasteiger partial charge in [-0.05, 0) is 53.6 Å². The number of hydrogen-bond acceptors (Lipinski definition) is 5. The number of aromatic nitrogens is 4. The van der Waals surface area contributed by atoms with Gasteiger partial charge in [-0.2, -0.15) is 5.10 Å². The zero-order chi connectivity index (χ0) is 23.1. The van der Waals surface area contributed by atoms with Crippen LogP contribution in [0.4, 0.5) is 0 Å². The van der Waals surface area contributed by atoms with Crippen LogP contribution in [0.5, 0.6) is 0 Å². The van der Waals surface area contributed by atoms with Crippen molar-refractivity contribution >= 4 is 21.7 Å². The lowest BCUT2D eigenvalue weighted by Crippen LogP contribution is -2.39. The molecule has 34 heavy (non-hydrogen) atoms. The highest BCUT2D eigenvalue weighted by Crippen LogP contribution is 2.29. The van der Waals surface area contributed by atoms with Crippen LogP contribution in [0.1, 0.15) is 23.6 Å². The van der Waals surface area contributed by atoms with Crippen LogP contribution in [0.15, 0.2) is 84.2 Å². The highest BCUT2D eigenvalue weighted by molar-refractivity contribution is 6.06. The average molecular weight is 453 g/mol. The maximum atomic E-state index is 13.6. The van der Waals surface area contributed by atoms with Crippen molar-refractivity contribution in [2.45, 2.75) is 25.0 Å². The van der Waals surface area contributed by atoms with Crippen molar-refractivity contribution in [3.05, 3.63) is 101 Å². The second-order valence-corrected chi connectivity index (χ2v) is 8.73. The molecular formula is C27H24N4O3. The van der Waals surface area contributed by atoms with Crippen molar-refractivity contribution < 1.29 is 9.84 Å². The molecule has 0 spiro atoms. The highest BCUT2D eigenvalue weighted by Gasteiger charge is 2.27. The van der Waals surface area contributed by atoms with Crippen LogP contribution in [0, 0.1) is 0 Å². The third-order valence-electron chi connectivity index (χ3n) is 6.63. The van der Waals surface area contributed by atoms with Crippen molar-refractivity contribution in [2.75, 3.05) is 13.2 Å². The van der Waals surface area contributed by atoms with Crippen LogP contribution in [0.2, 0.25) is 0 Å². The van der Waals surface area contributed by atoms with E-state index in [0.717, 1.165) is 27.6 Å². The number of nitrogens with zero attached hydrogens (tertiary/aromatic N) is 4. The summed E-state index contributed by atoms with van der Waals surface area (Å²) in [5, 5.41) is 17.3. The Kier molecular flexibility index (Phi) is 5.20. The standard InChI is InChI=1S/C27H24N4O3/c32-25-16-34-13-10-24(25)30-17-28-26-22-5-2-1-4-21(22)19(15-23(26)27(30)33)14-18-6-8-20(9-7-18)31-12-3-11-29-31/h1-9,11-12,15,17,24-25,32H,10,13-14,16H2/t24-,25-/m0/s1. The number of ether oxygens (including phenoxy) is 1. The van der Waals surface area contributed by atoms with Gasteiger partial charge in [0.25, 0.3) is 5.56 Å². The predicted molar refractivity (Wildman–Crippen MR) is 130 cm³/mol. The molecule has 0 unspecified atom stereocenters. The molecule has 1 aliphatic heterocycles. The number of hydrogen-bond donors (Lipinski definition) is 1. The summed E-state index contributed by atoms with van der Waals surface area (Å²) in [6, 6.07) is 19.9. The van der Waals surface area contributed by atoms with Gasteiger partial charge < -0.3 is 9.84 Å². The number of rotatable bonds is 4. The van der Waals surface area contributed by atoms with E-state index in [1.54, 1.807) is 17.1 Å². The Balaban J connectivity index is 1.45. The molecule has 2 atom stereocenters. The van der Waals surface area contributed by atoms with Gasteiger partial charge in [-0.15, -0.1) is 0 Å². The van der Waals surface area contributed by atoms with Crippen molar-refractivity contribution in [3.63, 3.8) is 0 Å². The molecule has 0 bridgehead atoms. The van der Waals surface area contributed by atoms with Gasteiger partial charge in [-0.3, -0.25) is 9.36 Å². The van der Waals surface area contributed by atoms with Crippen LogP contribution in [0.3, 0.4) is 0 Å². The molecule has 2 aromatic heterocycles. The molecule has 5 aromatic rings. The molecule has 7 nitrogen and oxygen atoms in total. The highest BCUT2D eigenvalue weighted by atomic mass is 16.5. The van der Waals surface area contributed by atoms with Crippen LogP contribution >= 0.6 is 0 Å². The van der Waals surface area contributed by atoms with Gasteiger partial charge in [0.15, 0.2) is 0 Å². The zero-order valence-electron chi connectivity index (χ0n) is 18.5. The molecule has 170 valence electrons. The summed E-state index contributed by atoms with van der Waals surface area (Å²) in [5.41, 5.74) is 3.77. The second kappa shape index (κ2) is 8.52. The van der Waals surface area contributed by atoms with E-state index in [-0.39, 0.29) is 18.2 Å². The molecule has 3 aromatic carbocycles. The Hall–Kier alpha value is -3.81. The van der Waals surface area contributed by atoms with Crippen molar-refractivity contribution in [1.82, 2.24) is 19.3 Å². The first-order valence-corrected chi connectivity index (χ1v) is 11.5. The smallest absolute Gasteiger partial charge is 0.261 e. The maximum Gasteiger partial charge on any atom is 0.261 e. The molecular weight excluding hydrogens is 428 g/mol. The van der Waals surface area contributed by atoms with Gasteiger partial charge in [-0.25, -0.2) is 9.67 Å². The SMILES string of the molecule is O=c1c2cc(Cc3ccc(-n4cccn4)cc3)c3ccccc3c2ncn1[C@H]1CCOC[C@@H]1O. The first-order chi connectivity index (χ1) is 16.7. The van der Waals surface area contributed by atoms with E-state index in [1.165, 1.54) is 0 Å². The second-order valence-electron chi connectivity index (χ2n) is 8.73. The number of fused-ring (bicyclic) bond motifs is 3. The molecule has 0 radical (unpaired) electrons. The summed E-state index contributed by atoms with van der Waals surface area (Å²) in [4.78, 5) is 18.2. The molecule has 7 heteroatoms. The Labute approximate surface area is 195 Å². The van der Waals surface area contributed by atoms with Gasteiger partial charge in [-0.1, -0.05) is 36.4 Å². The summed E-state index contributed by atoms with van der Waals surface area (Å²) < 4.78 is 8.75. The first-order valence-electron chi connectivity index (χ1n) is 11.5. The molecule has 1 fully saturated rings. The fraction of sp³-hybridized carbons (Fsp3) is 0.222. The third kappa shape index (κ3) is 3.59. The zero-order valence-corrected chi connectivity index (χ0v) is 18.5. The molecule has 1 N–H and O–H groups in total. The number of aliphatic hydroxyl groups excluding tert-OH is 1. The number of benzene rings is 3. The minimum Gasteiger partial charge on any atom is -0.389 e. The Morgan fingerprint density at radius 3 is 2.62 bits per heavy atom. The van der Waals surface area contributed by atoms with Gasteiger partial charge >= 0.3 is 0 Å². The van der Waals surface area contributed by atoms with Crippen molar-refractivity contribution in [3.8, 4) is 5.69 Å². The monoisotopic (exact) mass is 452 g/mol. The van der Waals surface area contributed by atoms with Crippen molar-refractivity contribution in [1.29, 1.82) is 0 Å². The molecule has 0 aliphatic carbocycles. The molecule has 0 amide bonds. The summed E-state index contributed by atoms with van der Waals surface area (Å²) in [5.74, 6) is 0. The molecule has 1 saturated heterocycles. The Bertz CT molecular complexity index is 1520. The summed E-state index contributed by atoms with van der Waals surface area (Å²) in [6.07, 6.45) is 5.79. The lowest BCUT2D eigenvalue weighted by molar-refractivity contribution is -0.0395.